The number of carbonyl (C=O) groups is 1. The lowest BCUT2D eigenvalue weighted by atomic mass is 10.1. The quantitative estimate of drug-likeness (QED) is 0.678. The van der Waals surface area contributed by atoms with Gasteiger partial charge in [0.15, 0.2) is 0 Å². The zero-order valence-corrected chi connectivity index (χ0v) is 15.5. The molecule has 0 atom stereocenters. The predicted molar refractivity (Wildman–Crippen MR) is 103 cm³/mol. The fourth-order valence-corrected chi connectivity index (χ4v) is 3.10. The molecule has 0 aliphatic rings. The Morgan fingerprint density at radius 1 is 1.15 bits per heavy atom. The fourth-order valence-electron chi connectivity index (χ4n) is 2.53. The van der Waals surface area contributed by atoms with Gasteiger partial charge in [-0.15, -0.1) is 0 Å². The van der Waals surface area contributed by atoms with Crippen molar-refractivity contribution in [3.05, 3.63) is 66.5 Å². The summed E-state index contributed by atoms with van der Waals surface area (Å²) >= 11 is 0. The van der Waals surface area contributed by atoms with Crippen molar-refractivity contribution in [1.82, 2.24) is 9.78 Å². The van der Waals surface area contributed by atoms with Crippen molar-refractivity contribution in [3.63, 3.8) is 0 Å². The first kappa shape index (κ1) is 18.5. The van der Waals surface area contributed by atoms with Gasteiger partial charge in [-0.1, -0.05) is 12.1 Å². The van der Waals surface area contributed by atoms with Gasteiger partial charge in [0, 0.05) is 24.1 Å². The SMILES string of the molecule is COc1cc(NC(=O)c2ccccc2-n2cccn2)ccc1NS(C)(=O)=O. The minimum Gasteiger partial charge on any atom is -0.494 e. The van der Waals surface area contributed by atoms with Crippen LogP contribution in [0.15, 0.2) is 60.9 Å². The Hall–Kier alpha value is -3.33. The highest BCUT2D eigenvalue weighted by Crippen LogP contribution is 2.29. The van der Waals surface area contributed by atoms with Crippen molar-refractivity contribution in [2.45, 2.75) is 0 Å². The van der Waals surface area contributed by atoms with Crippen LogP contribution in [-0.4, -0.2) is 37.5 Å². The minimum atomic E-state index is -3.45. The molecule has 3 aromatic rings. The number of aromatic nitrogens is 2. The first-order chi connectivity index (χ1) is 12.9. The van der Waals surface area contributed by atoms with Gasteiger partial charge in [-0.05, 0) is 30.3 Å². The molecule has 140 valence electrons. The van der Waals surface area contributed by atoms with Crippen molar-refractivity contribution in [2.24, 2.45) is 0 Å². The van der Waals surface area contributed by atoms with E-state index in [1.54, 1.807) is 53.5 Å². The van der Waals surface area contributed by atoms with E-state index >= 15 is 0 Å². The molecular formula is C18H18N4O4S. The Morgan fingerprint density at radius 3 is 2.59 bits per heavy atom. The second-order valence-electron chi connectivity index (χ2n) is 5.71. The van der Waals surface area contributed by atoms with Gasteiger partial charge >= 0.3 is 0 Å². The van der Waals surface area contributed by atoms with Gasteiger partial charge < -0.3 is 10.1 Å². The second-order valence-corrected chi connectivity index (χ2v) is 7.46. The lowest BCUT2D eigenvalue weighted by Gasteiger charge is -2.13. The van der Waals surface area contributed by atoms with Crippen LogP contribution in [-0.2, 0) is 10.0 Å². The third-order valence-corrected chi connectivity index (χ3v) is 4.25. The second kappa shape index (κ2) is 7.50. The maximum Gasteiger partial charge on any atom is 0.257 e. The number of nitrogens with zero attached hydrogens (tertiary/aromatic N) is 2. The molecule has 0 aliphatic heterocycles. The molecule has 0 fully saturated rings. The zero-order valence-electron chi connectivity index (χ0n) is 14.7. The van der Waals surface area contributed by atoms with Gasteiger partial charge in [-0.3, -0.25) is 9.52 Å². The number of benzene rings is 2. The van der Waals surface area contributed by atoms with Gasteiger partial charge in [0.1, 0.15) is 5.75 Å². The number of nitrogens with one attached hydrogen (secondary N) is 2. The molecule has 1 aromatic heterocycles. The van der Waals surface area contributed by atoms with E-state index in [2.05, 4.69) is 15.1 Å². The Labute approximate surface area is 156 Å². The van der Waals surface area contributed by atoms with Crippen LogP contribution in [0.2, 0.25) is 0 Å². The molecule has 1 heterocycles. The van der Waals surface area contributed by atoms with Crippen LogP contribution in [0.1, 0.15) is 10.4 Å². The molecule has 8 nitrogen and oxygen atoms in total. The molecule has 0 bridgehead atoms. The van der Waals surface area contributed by atoms with Crippen LogP contribution in [0.3, 0.4) is 0 Å². The number of carbonyl (C=O) groups excluding carboxylic acids is 1. The molecule has 2 N–H and O–H groups in total. The number of methoxy groups -OCH3 is 1. The third kappa shape index (κ3) is 4.45. The van der Waals surface area contributed by atoms with E-state index in [4.69, 9.17) is 4.74 Å². The number of para-hydroxylation sites is 1. The van der Waals surface area contributed by atoms with Gasteiger partial charge in [0.25, 0.3) is 5.91 Å². The average Bonchev–Trinajstić information content (AvgIpc) is 3.16. The normalized spacial score (nSPS) is 11.0. The van der Waals surface area contributed by atoms with Crippen molar-refractivity contribution >= 4 is 27.3 Å². The number of hydrogen-bond donors (Lipinski definition) is 2. The summed E-state index contributed by atoms with van der Waals surface area (Å²) in [5.41, 5.74) is 1.84. The van der Waals surface area contributed by atoms with Crippen LogP contribution >= 0.6 is 0 Å². The minimum absolute atomic E-state index is 0.287. The maximum atomic E-state index is 12.7. The lowest BCUT2D eigenvalue weighted by Crippen LogP contribution is -2.15. The molecule has 1 amide bonds. The van der Waals surface area contributed by atoms with Gasteiger partial charge in [-0.2, -0.15) is 5.10 Å². The van der Waals surface area contributed by atoms with Gasteiger partial charge in [-0.25, -0.2) is 13.1 Å². The summed E-state index contributed by atoms with van der Waals surface area (Å²) in [4.78, 5) is 12.7. The first-order valence-corrected chi connectivity index (χ1v) is 9.83. The molecule has 27 heavy (non-hydrogen) atoms. The van der Waals surface area contributed by atoms with E-state index in [1.807, 2.05) is 6.07 Å². The Morgan fingerprint density at radius 2 is 1.93 bits per heavy atom. The van der Waals surface area contributed by atoms with E-state index in [1.165, 1.54) is 13.2 Å². The number of amides is 1. The Kier molecular flexibility index (Phi) is 5.13. The highest BCUT2D eigenvalue weighted by molar-refractivity contribution is 7.92. The largest absolute Gasteiger partial charge is 0.494 e. The van der Waals surface area contributed by atoms with Crippen molar-refractivity contribution < 1.29 is 17.9 Å². The van der Waals surface area contributed by atoms with E-state index in [0.29, 0.717) is 22.7 Å². The molecule has 0 saturated carbocycles. The van der Waals surface area contributed by atoms with Gasteiger partial charge in [0.05, 0.1) is 30.3 Å². The molecule has 0 saturated heterocycles. The summed E-state index contributed by atoms with van der Waals surface area (Å²) in [6.45, 7) is 0. The third-order valence-electron chi connectivity index (χ3n) is 3.65. The van der Waals surface area contributed by atoms with Crippen LogP contribution < -0.4 is 14.8 Å². The van der Waals surface area contributed by atoms with Crippen LogP contribution in [0.5, 0.6) is 5.75 Å². The average molecular weight is 386 g/mol. The van der Waals surface area contributed by atoms with Crippen molar-refractivity contribution in [2.75, 3.05) is 23.4 Å². The van der Waals surface area contributed by atoms with Crippen LogP contribution in [0, 0.1) is 0 Å². The molecule has 3 rings (SSSR count). The molecule has 0 spiro atoms. The van der Waals surface area contributed by atoms with Crippen LogP contribution in [0.25, 0.3) is 5.69 Å². The fraction of sp³-hybridized carbons (Fsp3) is 0.111. The molecule has 0 radical (unpaired) electrons. The van der Waals surface area contributed by atoms with E-state index < -0.39 is 10.0 Å². The summed E-state index contributed by atoms with van der Waals surface area (Å²) in [6.07, 6.45) is 4.43. The van der Waals surface area contributed by atoms with E-state index in [9.17, 15) is 13.2 Å². The van der Waals surface area contributed by atoms with Crippen molar-refractivity contribution in [3.8, 4) is 11.4 Å². The number of hydrogen-bond acceptors (Lipinski definition) is 5. The highest BCUT2D eigenvalue weighted by atomic mass is 32.2. The predicted octanol–water partition coefficient (Wildman–Crippen LogP) is 2.50. The van der Waals surface area contributed by atoms with E-state index in [-0.39, 0.29) is 11.6 Å². The summed E-state index contributed by atoms with van der Waals surface area (Å²) in [7, 11) is -2.03. The molecule has 0 unspecified atom stereocenters. The number of anilines is 2. The summed E-state index contributed by atoms with van der Waals surface area (Å²) < 4.78 is 32.0. The number of ether oxygens (including phenoxy) is 1. The Balaban J connectivity index is 1.87. The molecule has 9 heteroatoms. The molecule has 2 aromatic carbocycles. The first-order valence-electron chi connectivity index (χ1n) is 7.93. The monoisotopic (exact) mass is 386 g/mol. The zero-order chi connectivity index (χ0) is 19.4. The standard InChI is InChI=1S/C18H18N4O4S/c1-26-17-12-13(8-9-15(17)21-27(2,24)25)20-18(23)14-6-3-4-7-16(14)22-11-5-10-19-22/h3-12,21H,1-2H3,(H,20,23). The maximum absolute atomic E-state index is 12.7. The Bertz CT molecular complexity index is 1060. The number of sulfonamides is 1. The smallest absolute Gasteiger partial charge is 0.257 e. The molecule has 0 aliphatic carbocycles. The van der Waals surface area contributed by atoms with Crippen LogP contribution in [0.4, 0.5) is 11.4 Å². The topological polar surface area (TPSA) is 102 Å². The van der Waals surface area contributed by atoms with E-state index in [0.717, 1.165) is 6.26 Å². The molecular weight excluding hydrogens is 368 g/mol. The van der Waals surface area contributed by atoms with Crippen molar-refractivity contribution in [1.29, 1.82) is 0 Å². The summed E-state index contributed by atoms with van der Waals surface area (Å²) in [5, 5.41) is 6.95. The lowest BCUT2D eigenvalue weighted by molar-refractivity contribution is 0.102. The highest BCUT2D eigenvalue weighted by Gasteiger charge is 2.15. The number of rotatable bonds is 6. The summed E-state index contributed by atoms with van der Waals surface area (Å²) in [5.74, 6) is -0.0365. The summed E-state index contributed by atoms with van der Waals surface area (Å²) in [6, 6.07) is 13.5. The van der Waals surface area contributed by atoms with Gasteiger partial charge in [0.2, 0.25) is 10.0 Å².